The number of imidazole rings is 1. The number of pyridine rings is 1. The lowest BCUT2D eigenvalue weighted by atomic mass is 10.2. The van der Waals surface area contributed by atoms with Crippen LogP contribution in [0, 0.1) is 0 Å². The smallest absolute Gasteiger partial charge is 0.325 e. The zero-order chi connectivity index (χ0) is 16.9. The molecule has 0 aliphatic carbocycles. The Bertz CT molecular complexity index is 874. The minimum atomic E-state index is -0.375. The SMILES string of the molecule is COC(=O)Cn1c(CNC(=O)c2ccncc2)nc2ccccc21. The van der Waals surface area contributed by atoms with Gasteiger partial charge in [0, 0.05) is 18.0 Å². The van der Waals surface area contributed by atoms with Crippen LogP contribution in [0.2, 0.25) is 0 Å². The third-order valence-corrected chi connectivity index (χ3v) is 3.60. The normalized spacial score (nSPS) is 10.5. The summed E-state index contributed by atoms with van der Waals surface area (Å²) in [6.07, 6.45) is 3.11. The van der Waals surface area contributed by atoms with Crippen LogP contribution in [-0.4, -0.2) is 33.5 Å². The molecule has 24 heavy (non-hydrogen) atoms. The highest BCUT2D eigenvalue weighted by Crippen LogP contribution is 2.16. The van der Waals surface area contributed by atoms with Crippen LogP contribution in [0.3, 0.4) is 0 Å². The standard InChI is InChI=1S/C17H16N4O3/c1-24-16(22)11-21-14-5-3-2-4-13(14)20-15(21)10-19-17(23)12-6-8-18-9-7-12/h2-9H,10-11H2,1H3,(H,19,23). The monoisotopic (exact) mass is 324 g/mol. The first-order chi connectivity index (χ1) is 11.7. The van der Waals surface area contributed by atoms with E-state index in [1.807, 2.05) is 24.3 Å². The second-order valence-corrected chi connectivity index (χ2v) is 5.10. The minimum absolute atomic E-state index is 0.0392. The van der Waals surface area contributed by atoms with Crippen molar-refractivity contribution in [2.45, 2.75) is 13.1 Å². The topological polar surface area (TPSA) is 86.1 Å². The Balaban J connectivity index is 1.84. The van der Waals surface area contributed by atoms with Crippen LogP contribution in [0.15, 0.2) is 48.8 Å². The first-order valence-corrected chi connectivity index (χ1v) is 7.38. The average molecular weight is 324 g/mol. The number of hydrogen-bond donors (Lipinski definition) is 1. The van der Waals surface area contributed by atoms with Crippen LogP contribution in [0.1, 0.15) is 16.2 Å². The molecule has 2 aromatic heterocycles. The molecule has 0 aliphatic rings. The minimum Gasteiger partial charge on any atom is -0.468 e. The number of nitrogens with one attached hydrogen (secondary N) is 1. The summed E-state index contributed by atoms with van der Waals surface area (Å²) in [7, 11) is 1.34. The van der Waals surface area contributed by atoms with E-state index >= 15 is 0 Å². The molecule has 7 nitrogen and oxygen atoms in total. The molecule has 3 aromatic rings. The highest BCUT2D eigenvalue weighted by molar-refractivity contribution is 5.93. The fourth-order valence-corrected chi connectivity index (χ4v) is 2.40. The Morgan fingerprint density at radius 3 is 2.67 bits per heavy atom. The van der Waals surface area contributed by atoms with Crippen LogP contribution >= 0.6 is 0 Å². The number of esters is 1. The summed E-state index contributed by atoms with van der Waals surface area (Å²) in [6.45, 7) is 0.240. The van der Waals surface area contributed by atoms with Crippen LogP contribution in [0.5, 0.6) is 0 Å². The van der Waals surface area contributed by atoms with E-state index in [0.29, 0.717) is 11.4 Å². The van der Waals surface area contributed by atoms with Gasteiger partial charge >= 0.3 is 5.97 Å². The first kappa shape index (κ1) is 15.7. The van der Waals surface area contributed by atoms with Crippen molar-refractivity contribution in [2.75, 3.05) is 7.11 Å². The van der Waals surface area contributed by atoms with Crippen LogP contribution < -0.4 is 5.32 Å². The van der Waals surface area contributed by atoms with Gasteiger partial charge in [-0.2, -0.15) is 0 Å². The molecule has 1 aromatic carbocycles. The molecule has 0 fully saturated rings. The summed E-state index contributed by atoms with van der Waals surface area (Å²) in [6, 6.07) is 10.7. The van der Waals surface area contributed by atoms with Crippen molar-refractivity contribution in [3.63, 3.8) is 0 Å². The summed E-state index contributed by atoms with van der Waals surface area (Å²) >= 11 is 0. The summed E-state index contributed by atoms with van der Waals surface area (Å²) in [4.78, 5) is 32.2. The predicted molar refractivity (Wildman–Crippen MR) is 87.2 cm³/mol. The van der Waals surface area contributed by atoms with Gasteiger partial charge in [-0.3, -0.25) is 14.6 Å². The average Bonchev–Trinajstić information content (AvgIpc) is 2.98. The van der Waals surface area contributed by atoms with E-state index in [9.17, 15) is 9.59 Å². The second kappa shape index (κ2) is 6.91. The Morgan fingerprint density at radius 2 is 1.92 bits per heavy atom. The summed E-state index contributed by atoms with van der Waals surface area (Å²) in [5, 5.41) is 2.81. The van der Waals surface area contributed by atoms with E-state index in [2.05, 4.69) is 15.3 Å². The fraction of sp³-hybridized carbons (Fsp3) is 0.176. The Kier molecular flexibility index (Phi) is 4.51. The van der Waals surface area contributed by atoms with Crippen LogP contribution in [0.25, 0.3) is 11.0 Å². The summed E-state index contributed by atoms with van der Waals surface area (Å²) < 4.78 is 6.48. The van der Waals surface area contributed by atoms with Crippen molar-refractivity contribution in [3.8, 4) is 0 Å². The summed E-state index contributed by atoms with van der Waals surface area (Å²) in [5.74, 6) is -0.0158. The van der Waals surface area contributed by atoms with Gasteiger partial charge in [0.25, 0.3) is 5.91 Å². The fourth-order valence-electron chi connectivity index (χ4n) is 2.40. The molecule has 122 valence electrons. The van der Waals surface area contributed by atoms with E-state index in [1.54, 1.807) is 29.1 Å². The highest BCUT2D eigenvalue weighted by Gasteiger charge is 2.14. The number of methoxy groups -OCH3 is 1. The first-order valence-electron chi connectivity index (χ1n) is 7.38. The van der Waals surface area contributed by atoms with Gasteiger partial charge in [0.1, 0.15) is 12.4 Å². The molecule has 0 bridgehead atoms. The lowest BCUT2D eigenvalue weighted by Crippen LogP contribution is -2.25. The number of carbonyl (C=O) groups is 2. The van der Waals surface area contributed by atoms with Crippen molar-refractivity contribution in [1.82, 2.24) is 19.9 Å². The maximum absolute atomic E-state index is 12.2. The van der Waals surface area contributed by atoms with Crippen molar-refractivity contribution < 1.29 is 14.3 Å². The van der Waals surface area contributed by atoms with E-state index in [-0.39, 0.29) is 25.0 Å². The van der Waals surface area contributed by atoms with E-state index < -0.39 is 0 Å². The molecule has 0 aliphatic heterocycles. The molecule has 1 N–H and O–H groups in total. The van der Waals surface area contributed by atoms with Crippen molar-refractivity contribution in [1.29, 1.82) is 0 Å². The van der Waals surface area contributed by atoms with Crippen LogP contribution in [-0.2, 0) is 22.6 Å². The number of fused-ring (bicyclic) bond motifs is 1. The van der Waals surface area contributed by atoms with Crippen molar-refractivity contribution in [2.24, 2.45) is 0 Å². The number of nitrogens with zero attached hydrogens (tertiary/aromatic N) is 3. The molecule has 1 amide bonds. The molecule has 0 unspecified atom stereocenters. The van der Waals surface area contributed by atoms with Crippen molar-refractivity contribution in [3.05, 3.63) is 60.2 Å². The quantitative estimate of drug-likeness (QED) is 0.719. The number of carbonyl (C=O) groups excluding carboxylic acids is 2. The third kappa shape index (κ3) is 3.24. The second-order valence-electron chi connectivity index (χ2n) is 5.10. The van der Waals surface area contributed by atoms with Gasteiger partial charge in [-0.05, 0) is 24.3 Å². The molecular weight excluding hydrogens is 308 g/mol. The lowest BCUT2D eigenvalue weighted by Gasteiger charge is -2.09. The van der Waals surface area contributed by atoms with E-state index in [0.717, 1.165) is 11.0 Å². The molecule has 0 saturated heterocycles. The number of rotatable bonds is 5. The molecule has 0 spiro atoms. The maximum Gasteiger partial charge on any atom is 0.325 e. The maximum atomic E-state index is 12.2. The molecule has 2 heterocycles. The third-order valence-electron chi connectivity index (χ3n) is 3.60. The largest absolute Gasteiger partial charge is 0.468 e. The molecule has 0 saturated carbocycles. The van der Waals surface area contributed by atoms with Gasteiger partial charge in [-0.25, -0.2) is 4.98 Å². The number of aromatic nitrogens is 3. The van der Waals surface area contributed by atoms with Gasteiger partial charge in [0.15, 0.2) is 0 Å². The molecule has 0 radical (unpaired) electrons. The predicted octanol–water partition coefficient (Wildman–Crippen LogP) is 1.53. The highest BCUT2D eigenvalue weighted by atomic mass is 16.5. The lowest BCUT2D eigenvalue weighted by molar-refractivity contribution is -0.141. The number of benzene rings is 1. The van der Waals surface area contributed by atoms with Gasteiger partial charge in [0.05, 0.1) is 24.7 Å². The Morgan fingerprint density at radius 1 is 1.17 bits per heavy atom. The van der Waals surface area contributed by atoms with E-state index in [1.165, 1.54) is 7.11 Å². The summed E-state index contributed by atoms with van der Waals surface area (Å²) in [5.41, 5.74) is 2.09. The zero-order valence-electron chi connectivity index (χ0n) is 13.1. The number of amides is 1. The molecule has 7 heteroatoms. The van der Waals surface area contributed by atoms with Gasteiger partial charge in [-0.1, -0.05) is 12.1 Å². The van der Waals surface area contributed by atoms with Gasteiger partial charge in [-0.15, -0.1) is 0 Å². The van der Waals surface area contributed by atoms with Gasteiger partial charge in [0.2, 0.25) is 0 Å². The zero-order valence-corrected chi connectivity index (χ0v) is 13.1. The molecule has 0 atom stereocenters. The van der Waals surface area contributed by atoms with Crippen LogP contribution in [0.4, 0.5) is 0 Å². The molecule has 3 rings (SSSR count). The number of hydrogen-bond acceptors (Lipinski definition) is 5. The van der Waals surface area contributed by atoms with Crippen molar-refractivity contribution >= 4 is 22.9 Å². The number of ether oxygens (including phenoxy) is 1. The Hall–Kier alpha value is -3.22. The Labute approximate surface area is 138 Å². The number of para-hydroxylation sites is 2. The van der Waals surface area contributed by atoms with E-state index in [4.69, 9.17) is 4.74 Å². The van der Waals surface area contributed by atoms with Gasteiger partial charge < -0.3 is 14.6 Å². The molecular formula is C17H16N4O3.